The Morgan fingerprint density at radius 1 is 1.14 bits per heavy atom. The molecule has 0 fully saturated rings. The molecule has 0 aromatic heterocycles. The Morgan fingerprint density at radius 2 is 1.82 bits per heavy atom. The van der Waals surface area contributed by atoms with Crippen LogP contribution in [0.2, 0.25) is 0 Å². The van der Waals surface area contributed by atoms with Crippen molar-refractivity contribution in [1.29, 1.82) is 0 Å². The van der Waals surface area contributed by atoms with E-state index in [-0.39, 0.29) is 18.5 Å². The summed E-state index contributed by atoms with van der Waals surface area (Å²) in [5.41, 5.74) is 3.67. The first-order valence-corrected chi connectivity index (χ1v) is 7.40. The van der Waals surface area contributed by atoms with Crippen molar-refractivity contribution in [3.63, 3.8) is 0 Å². The number of nitrogens with one attached hydrogen (secondary N) is 1. The fraction of sp³-hybridized carbons (Fsp3) is 0.333. The van der Waals surface area contributed by atoms with Gasteiger partial charge in [0.15, 0.2) is 0 Å². The Hall–Kier alpha value is -1.91. The standard InChI is InChI=1S/C18H23FN2O/c1-13(15-5-7-17(8-6-15)21(2)3)20-11-14-4-9-18(19)16(10-14)12-22/h4-10,13,20,22H,11-12H2,1-3H3. The van der Waals surface area contributed by atoms with Crippen LogP contribution < -0.4 is 10.2 Å². The summed E-state index contributed by atoms with van der Waals surface area (Å²) < 4.78 is 13.4. The second kappa shape index (κ2) is 7.38. The van der Waals surface area contributed by atoms with Gasteiger partial charge in [0.1, 0.15) is 5.82 Å². The normalized spacial score (nSPS) is 12.2. The minimum Gasteiger partial charge on any atom is -0.392 e. The first-order chi connectivity index (χ1) is 10.5. The predicted molar refractivity (Wildman–Crippen MR) is 88.3 cm³/mol. The third kappa shape index (κ3) is 4.06. The van der Waals surface area contributed by atoms with Gasteiger partial charge in [-0.3, -0.25) is 0 Å². The van der Waals surface area contributed by atoms with E-state index < -0.39 is 0 Å². The highest BCUT2D eigenvalue weighted by molar-refractivity contribution is 5.46. The van der Waals surface area contributed by atoms with Crippen molar-refractivity contribution in [3.8, 4) is 0 Å². The van der Waals surface area contributed by atoms with E-state index in [1.165, 1.54) is 17.3 Å². The van der Waals surface area contributed by atoms with Gasteiger partial charge in [0.2, 0.25) is 0 Å². The maximum Gasteiger partial charge on any atom is 0.128 e. The molecule has 0 saturated heterocycles. The Labute approximate surface area is 131 Å². The Balaban J connectivity index is 1.98. The molecule has 2 N–H and O–H groups in total. The van der Waals surface area contributed by atoms with Gasteiger partial charge in [-0.25, -0.2) is 4.39 Å². The van der Waals surface area contributed by atoms with Crippen LogP contribution >= 0.6 is 0 Å². The van der Waals surface area contributed by atoms with Crippen LogP contribution in [0.5, 0.6) is 0 Å². The summed E-state index contributed by atoms with van der Waals surface area (Å²) in [4.78, 5) is 2.07. The van der Waals surface area contributed by atoms with E-state index in [0.29, 0.717) is 12.1 Å². The quantitative estimate of drug-likeness (QED) is 0.860. The SMILES string of the molecule is CC(NCc1ccc(F)c(CO)c1)c1ccc(N(C)C)cc1. The van der Waals surface area contributed by atoms with Gasteiger partial charge in [-0.15, -0.1) is 0 Å². The van der Waals surface area contributed by atoms with Crippen molar-refractivity contribution >= 4 is 5.69 Å². The monoisotopic (exact) mass is 302 g/mol. The number of anilines is 1. The number of aliphatic hydroxyl groups is 1. The molecule has 2 rings (SSSR count). The van der Waals surface area contributed by atoms with Gasteiger partial charge >= 0.3 is 0 Å². The third-order valence-electron chi connectivity index (χ3n) is 3.80. The highest BCUT2D eigenvalue weighted by atomic mass is 19.1. The van der Waals surface area contributed by atoms with Crippen LogP contribution in [0, 0.1) is 5.82 Å². The summed E-state index contributed by atoms with van der Waals surface area (Å²) in [6.45, 7) is 2.45. The van der Waals surface area contributed by atoms with Crippen molar-refractivity contribution < 1.29 is 9.50 Å². The first kappa shape index (κ1) is 16.5. The molecule has 22 heavy (non-hydrogen) atoms. The van der Waals surface area contributed by atoms with E-state index in [9.17, 15) is 4.39 Å². The molecule has 2 aromatic carbocycles. The van der Waals surface area contributed by atoms with Gasteiger partial charge in [0.25, 0.3) is 0 Å². The molecule has 0 radical (unpaired) electrons. The van der Waals surface area contributed by atoms with Crippen LogP contribution in [-0.4, -0.2) is 19.2 Å². The molecule has 0 aliphatic heterocycles. The zero-order valence-electron chi connectivity index (χ0n) is 13.3. The van der Waals surface area contributed by atoms with Gasteiger partial charge in [-0.05, 0) is 42.3 Å². The lowest BCUT2D eigenvalue weighted by Gasteiger charge is -2.17. The van der Waals surface area contributed by atoms with Gasteiger partial charge in [0, 0.05) is 37.9 Å². The number of nitrogens with zero attached hydrogens (tertiary/aromatic N) is 1. The Morgan fingerprint density at radius 3 is 2.41 bits per heavy atom. The summed E-state index contributed by atoms with van der Waals surface area (Å²) in [7, 11) is 4.04. The number of halogens is 1. The van der Waals surface area contributed by atoms with E-state index in [1.54, 1.807) is 12.1 Å². The third-order valence-corrected chi connectivity index (χ3v) is 3.80. The molecule has 118 valence electrons. The number of hydrogen-bond donors (Lipinski definition) is 2. The molecule has 4 heteroatoms. The first-order valence-electron chi connectivity index (χ1n) is 7.40. The summed E-state index contributed by atoms with van der Waals surface area (Å²) >= 11 is 0. The number of rotatable bonds is 6. The molecule has 2 aromatic rings. The molecule has 0 heterocycles. The number of benzene rings is 2. The van der Waals surface area contributed by atoms with Gasteiger partial charge in [0.05, 0.1) is 6.61 Å². The highest BCUT2D eigenvalue weighted by Gasteiger charge is 2.07. The number of aliphatic hydroxyl groups excluding tert-OH is 1. The van der Waals surface area contributed by atoms with E-state index in [2.05, 4.69) is 41.4 Å². The van der Waals surface area contributed by atoms with Crippen molar-refractivity contribution in [2.45, 2.75) is 26.1 Å². The fourth-order valence-electron chi connectivity index (χ4n) is 2.31. The summed E-state index contributed by atoms with van der Waals surface area (Å²) in [5.74, 6) is -0.362. The molecular weight excluding hydrogens is 279 g/mol. The van der Waals surface area contributed by atoms with Gasteiger partial charge < -0.3 is 15.3 Å². The molecule has 0 saturated carbocycles. The Bertz CT molecular complexity index is 611. The Kier molecular flexibility index (Phi) is 5.52. The van der Waals surface area contributed by atoms with E-state index in [1.807, 2.05) is 14.1 Å². The van der Waals surface area contributed by atoms with Crippen molar-refractivity contribution in [1.82, 2.24) is 5.32 Å². The average molecular weight is 302 g/mol. The van der Waals surface area contributed by atoms with Gasteiger partial charge in [-0.2, -0.15) is 0 Å². The minimum absolute atomic E-state index is 0.193. The van der Waals surface area contributed by atoms with Gasteiger partial charge in [-0.1, -0.05) is 18.2 Å². The second-order valence-electron chi connectivity index (χ2n) is 5.67. The topological polar surface area (TPSA) is 35.5 Å². The van der Waals surface area contributed by atoms with Crippen molar-refractivity contribution in [3.05, 3.63) is 65.0 Å². The zero-order valence-corrected chi connectivity index (χ0v) is 13.3. The smallest absolute Gasteiger partial charge is 0.128 e. The minimum atomic E-state index is -0.362. The van der Waals surface area contributed by atoms with Crippen LogP contribution in [0.25, 0.3) is 0 Å². The summed E-state index contributed by atoms with van der Waals surface area (Å²) in [6, 6.07) is 13.4. The summed E-state index contributed by atoms with van der Waals surface area (Å²) in [5, 5.41) is 12.5. The summed E-state index contributed by atoms with van der Waals surface area (Å²) in [6.07, 6.45) is 0. The predicted octanol–water partition coefficient (Wildman–Crippen LogP) is 3.23. The molecule has 0 spiro atoms. The van der Waals surface area contributed by atoms with Crippen LogP contribution in [0.4, 0.5) is 10.1 Å². The highest BCUT2D eigenvalue weighted by Crippen LogP contribution is 2.18. The van der Waals surface area contributed by atoms with Crippen molar-refractivity contribution in [2.75, 3.05) is 19.0 Å². The van der Waals surface area contributed by atoms with Crippen LogP contribution in [0.15, 0.2) is 42.5 Å². The fourth-order valence-corrected chi connectivity index (χ4v) is 2.31. The maximum atomic E-state index is 13.4. The van der Waals surface area contributed by atoms with Crippen molar-refractivity contribution in [2.24, 2.45) is 0 Å². The lowest BCUT2D eigenvalue weighted by Crippen LogP contribution is -2.18. The molecule has 1 atom stereocenters. The lowest BCUT2D eigenvalue weighted by atomic mass is 10.1. The molecule has 0 amide bonds. The molecule has 1 unspecified atom stereocenters. The lowest BCUT2D eigenvalue weighted by molar-refractivity contribution is 0.275. The molecule has 0 aliphatic rings. The second-order valence-corrected chi connectivity index (χ2v) is 5.67. The van der Waals surface area contributed by atoms with Crippen LogP contribution in [0.1, 0.15) is 29.7 Å². The molecule has 0 bridgehead atoms. The average Bonchev–Trinajstić information content (AvgIpc) is 2.53. The van der Waals surface area contributed by atoms with E-state index in [0.717, 1.165) is 5.56 Å². The largest absolute Gasteiger partial charge is 0.392 e. The zero-order chi connectivity index (χ0) is 16.1. The van der Waals surface area contributed by atoms with E-state index in [4.69, 9.17) is 5.11 Å². The maximum absolute atomic E-state index is 13.4. The number of hydrogen-bond acceptors (Lipinski definition) is 3. The molecular formula is C18H23FN2O. The molecule has 0 aliphatic carbocycles. The van der Waals surface area contributed by atoms with Crippen LogP contribution in [0.3, 0.4) is 0 Å². The molecule has 3 nitrogen and oxygen atoms in total. The van der Waals surface area contributed by atoms with E-state index >= 15 is 0 Å². The van der Waals surface area contributed by atoms with Crippen LogP contribution in [-0.2, 0) is 13.2 Å².